The molecule has 1 rings (SSSR count). The van der Waals surface area contributed by atoms with Crippen molar-refractivity contribution in [2.45, 2.75) is 26.7 Å². The van der Waals surface area contributed by atoms with Crippen molar-refractivity contribution in [1.82, 2.24) is 4.90 Å². The predicted octanol–water partition coefficient (Wildman–Crippen LogP) is 0.791. The number of rotatable bonds is 1. The summed E-state index contributed by atoms with van der Waals surface area (Å²) in [5.74, 6) is -0.0932. The highest BCUT2D eigenvalue weighted by atomic mass is 16.2. The Labute approximate surface area is 66.4 Å². The zero-order valence-corrected chi connectivity index (χ0v) is 7.18. The largest absolute Gasteiger partial charge is 0.285 e. The van der Waals surface area contributed by atoms with Crippen LogP contribution in [0.3, 0.4) is 0 Å². The first-order valence-corrected chi connectivity index (χ1v) is 3.82. The molecular weight excluding hydrogens is 142 g/mol. The van der Waals surface area contributed by atoms with Gasteiger partial charge in [0.1, 0.15) is 0 Å². The molecule has 1 aliphatic heterocycles. The van der Waals surface area contributed by atoms with Gasteiger partial charge in [-0.1, -0.05) is 13.8 Å². The van der Waals surface area contributed by atoms with Gasteiger partial charge in [-0.15, -0.1) is 0 Å². The molecule has 62 valence electrons. The number of amides is 2. The van der Waals surface area contributed by atoms with Crippen LogP contribution >= 0.6 is 0 Å². The van der Waals surface area contributed by atoms with Crippen LogP contribution < -0.4 is 0 Å². The molecule has 1 atom stereocenters. The average Bonchev–Trinajstić information content (AvgIpc) is 2.17. The normalized spacial score (nSPS) is 31.7. The number of hydrogen-bond donors (Lipinski definition) is 0. The fraction of sp³-hybridized carbons (Fsp3) is 0.750. The molecule has 0 aromatic heterocycles. The molecule has 1 fully saturated rings. The molecule has 1 heterocycles. The van der Waals surface area contributed by atoms with Gasteiger partial charge in [0, 0.05) is 13.5 Å². The molecule has 3 heteroatoms. The maximum absolute atomic E-state index is 11.4. The summed E-state index contributed by atoms with van der Waals surface area (Å²) in [6.45, 7) is 3.78. The highest BCUT2D eigenvalue weighted by Crippen LogP contribution is 2.34. The van der Waals surface area contributed by atoms with Gasteiger partial charge in [-0.25, -0.2) is 0 Å². The summed E-state index contributed by atoms with van der Waals surface area (Å²) in [6, 6.07) is 0. The van der Waals surface area contributed by atoms with Gasteiger partial charge in [0.15, 0.2) is 0 Å². The summed E-state index contributed by atoms with van der Waals surface area (Å²) in [5.41, 5.74) is -0.425. The van der Waals surface area contributed by atoms with Crippen molar-refractivity contribution in [1.29, 1.82) is 0 Å². The van der Waals surface area contributed by atoms with Gasteiger partial charge in [0.25, 0.3) is 0 Å². The van der Waals surface area contributed by atoms with Gasteiger partial charge in [0.2, 0.25) is 11.8 Å². The molecule has 1 aliphatic rings. The van der Waals surface area contributed by atoms with Gasteiger partial charge in [-0.2, -0.15) is 0 Å². The van der Waals surface area contributed by atoms with E-state index in [-0.39, 0.29) is 11.8 Å². The quantitative estimate of drug-likeness (QED) is 0.525. The Morgan fingerprint density at radius 3 is 2.27 bits per heavy atom. The lowest BCUT2D eigenvalue weighted by Crippen LogP contribution is -2.30. The van der Waals surface area contributed by atoms with E-state index in [0.717, 1.165) is 6.42 Å². The summed E-state index contributed by atoms with van der Waals surface area (Å²) in [5, 5.41) is 0. The van der Waals surface area contributed by atoms with E-state index in [9.17, 15) is 9.59 Å². The van der Waals surface area contributed by atoms with Crippen molar-refractivity contribution in [3.8, 4) is 0 Å². The Morgan fingerprint density at radius 2 is 2.09 bits per heavy atom. The van der Waals surface area contributed by atoms with Crippen LogP contribution in [0.4, 0.5) is 0 Å². The zero-order chi connectivity index (χ0) is 8.65. The minimum atomic E-state index is -0.425. The monoisotopic (exact) mass is 155 g/mol. The smallest absolute Gasteiger partial charge is 0.235 e. The average molecular weight is 155 g/mol. The van der Waals surface area contributed by atoms with Crippen LogP contribution in [-0.2, 0) is 9.59 Å². The first kappa shape index (κ1) is 8.24. The molecule has 3 nitrogen and oxygen atoms in total. The molecule has 11 heavy (non-hydrogen) atoms. The molecule has 0 radical (unpaired) electrons. The van der Waals surface area contributed by atoms with Gasteiger partial charge in [-0.3, -0.25) is 14.5 Å². The number of nitrogens with zero attached hydrogens (tertiary/aromatic N) is 1. The second kappa shape index (κ2) is 2.32. The lowest BCUT2D eigenvalue weighted by atomic mass is 9.86. The molecule has 0 aliphatic carbocycles. The maximum atomic E-state index is 11.4. The van der Waals surface area contributed by atoms with Crippen LogP contribution in [0, 0.1) is 5.41 Å². The van der Waals surface area contributed by atoms with Crippen LogP contribution in [0.5, 0.6) is 0 Å². The Hall–Kier alpha value is -0.860. The van der Waals surface area contributed by atoms with E-state index >= 15 is 0 Å². The maximum Gasteiger partial charge on any atom is 0.235 e. The van der Waals surface area contributed by atoms with E-state index in [1.807, 2.05) is 13.8 Å². The van der Waals surface area contributed by atoms with Crippen molar-refractivity contribution in [2.24, 2.45) is 5.41 Å². The SMILES string of the molecule is CCC1(C)CC(=O)N(C)C1=O. The summed E-state index contributed by atoms with van der Waals surface area (Å²) in [4.78, 5) is 23.7. The standard InChI is InChI=1S/C8H13NO2/c1-4-8(2)5-6(10)9(3)7(8)11/h4-5H2,1-3H3. The molecule has 0 N–H and O–H groups in total. The van der Waals surface area contributed by atoms with Gasteiger partial charge in [0.05, 0.1) is 5.41 Å². The van der Waals surface area contributed by atoms with Crippen molar-refractivity contribution >= 4 is 11.8 Å². The molecule has 0 spiro atoms. The van der Waals surface area contributed by atoms with Crippen molar-refractivity contribution in [2.75, 3.05) is 7.05 Å². The lowest BCUT2D eigenvalue weighted by molar-refractivity contribution is -0.139. The second-order valence-electron chi connectivity index (χ2n) is 3.35. The van der Waals surface area contributed by atoms with E-state index in [1.165, 1.54) is 4.90 Å². The predicted molar refractivity (Wildman–Crippen MR) is 40.8 cm³/mol. The molecule has 0 aromatic carbocycles. The van der Waals surface area contributed by atoms with Gasteiger partial charge >= 0.3 is 0 Å². The van der Waals surface area contributed by atoms with Gasteiger partial charge in [-0.05, 0) is 6.42 Å². The summed E-state index contributed by atoms with van der Waals surface area (Å²) >= 11 is 0. The molecule has 0 bridgehead atoms. The Morgan fingerprint density at radius 1 is 1.55 bits per heavy atom. The van der Waals surface area contributed by atoms with E-state index in [4.69, 9.17) is 0 Å². The van der Waals surface area contributed by atoms with Crippen molar-refractivity contribution in [3.05, 3.63) is 0 Å². The lowest BCUT2D eigenvalue weighted by Gasteiger charge is -2.17. The highest BCUT2D eigenvalue weighted by molar-refractivity contribution is 6.05. The third-order valence-electron chi connectivity index (χ3n) is 2.52. The molecule has 1 saturated heterocycles. The topological polar surface area (TPSA) is 37.4 Å². The van der Waals surface area contributed by atoms with Crippen LogP contribution in [0.1, 0.15) is 26.7 Å². The van der Waals surface area contributed by atoms with E-state index in [0.29, 0.717) is 6.42 Å². The third kappa shape index (κ3) is 1.04. The van der Waals surface area contributed by atoms with Crippen LogP contribution in [0.25, 0.3) is 0 Å². The van der Waals surface area contributed by atoms with Crippen LogP contribution in [0.2, 0.25) is 0 Å². The number of imide groups is 1. The summed E-state index contributed by atoms with van der Waals surface area (Å²) < 4.78 is 0. The van der Waals surface area contributed by atoms with Gasteiger partial charge < -0.3 is 0 Å². The number of likely N-dealkylation sites (tertiary alicyclic amines) is 1. The Kier molecular flexibility index (Phi) is 1.74. The van der Waals surface area contributed by atoms with E-state index in [1.54, 1.807) is 7.05 Å². The van der Waals surface area contributed by atoms with Crippen molar-refractivity contribution < 1.29 is 9.59 Å². The molecule has 0 aromatic rings. The number of hydrogen-bond acceptors (Lipinski definition) is 2. The Balaban J connectivity index is 2.91. The van der Waals surface area contributed by atoms with Crippen molar-refractivity contribution in [3.63, 3.8) is 0 Å². The molecule has 2 amide bonds. The first-order chi connectivity index (χ1) is 5.01. The highest BCUT2D eigenvalue weighted by Gasteiger charge is 2.44. The molecule has 1 unspecified atom stereocenters. The minimum Gasteiger partial charge on any atom is -0.285 e. The summed E-state index contributed by atoms with van der Waals surface area (Å²) in [6.07, 6.45) is 1.11. The van der Waals surface area contributed by atoms with E-state index < -0.39 is 5.41 Å². The summed E-state index contributed by atoms with van der Waals surface area (Å²) in [7, 11) is 1.55. The Bertz CT molecular complexity index is 212. The fourth-order valence-corrected chi connectivity index (χ4v) is 1.32. The van der Waals surface area contributed by atoms with Crippen LogP contribution in [0.15, 0.2) is 0 Å². The van der Waals surface area contributed by atoms with Crippen LogP contribution in [-0.4, -0.2) is 23.8 Å². The third-order valence-corrected chi connectivity index (χ3v) is 2.52. The fourth-order valence-electron chi connectivity index (χ4n) is 1.32. The zero-order valence-electron chi connectivity index (χ0n) is 7.18. The number of carbonyl (C=O) groups is 2. The second-order valence-corrected chi connectivity index (χ2v) is 3.35. The number of carbonyl (C=O) groups excluding carboxylic acids is 2. The first-order valence-electron chi connectivity index (χ1n) is 3.82. The minimum absolute atomic E-state index is 0.0370. The molecule has 0 saturated carbocycles. The van der Waals surface area contributed by atoms with E-state index in [2.05, 4.69) is 0 Å². The molecular formula is C8H13NO2.